The maximum absolute atomic E-state index is 10.1. The largest absolute Gasteiger partial charge is 0.481 e. The van der Waals surface area contributed by atoms with Crippen LogP contribution in [-0.2, 0) is 24.0 Å². The van der Waals surface area contributed by atoms with Crippen molar-refractivity contribution in [1.82, 2.24) is 0 Å². The van der Waals surface area contributed by atoms with Gasteiger partial charge in [-0.05, 0) is 26.2 Å². The lowest BCUT2D eigenvalue weighted by molar-refractivity contribution is -0.140. The zero-order valence-corrected chi connectivity index (χ0v) is 25.2. The molecule has 0 rings (SSSR count). The van der Waals surface area contributed by atoms with Crippen molar-refractivity contribution in [2.45, 2.75) is 136 Å². The Balaban J connectivity index is -0.000000138. The second-order valence-corrected chi connectivity index (χ2v) is 9.12. The summed E-state index contributed by atoms with van der Waals surface area (Å²) in [5, 5.41) is 83.1. The molecule has 0 saturated carbocycles. The SMILES string of the molecule is CC(O)CC(=O)O.CCC(O)CC(=O)O.CCCCC(O)CC(=O)O.CCCCCC(O)CC(=O)O.O=C(O)CCO. The van der Waals surface area contributed by atoms with Crippen LogP contribution in [0.25, 0.3) is 0 Å². The van der Waals surface area contributed by atoms with Gasteiger partial charge < -0.3 is 51.1 Å². The van der Waals surface area contributed by atoms with E-state index in [1.165, 1.54) is 6.92 Å². The van der Waals surface area contributed by atoms with E-state index in [2.05, 4.69) is 6.92 Å². The molecule has 252 valence electrons. The Labute approximate surface area is 247 Å². The Bertz CT molecular complexity index is 668. The molecule has 42 heavy (non-hydrogen) atoms. The molecule has 0 saturated heterocycles. The molecular formula is C27H54O15. The molecule has 0 aromatic rings. The molecule has 0 radical (unpaired) electrons. The summed E-state index contributed by atoms with van der Waals surface area (Å²) in [7, 11) is 0. The number of carboxylic acid groups (broad SMARTS) is 5. The van der Waals surface area contributed by atoms with Crippen LogP contribution in [0, 0.1) is 0 Å². The van der Waals surface area contributed by atoms with Gasteiger partial charge in [0.05, 0.1) is 63.1 Å². The van der Waals surface area contributed by atoms with Gasteiger partial charge in [0.15, 0.2) is 0 Å². The summed E-state index contributed by atoms with van der Waals surface area (Å²) in [5.41, 5.74) is 0. The van der Waals surface area contributed by atoms with Crippen LogP contribution in [-0.4, -0.2) is 112 Å². The molecule has 0 amide bonds. The average molecular weight is 619 g/mol. The second-order valence-electron chi connectivity index (χ2n) is 9.12. The molecule has 0 bridgehead atoms. The van der Waals surface area contributed by atoms with Gasteiger partial charge in [0.1, 0.15) is 0 Å². The van der Waals surface area contributed by atoms with Gasteiger partial charge in [0.25, 0.3) is 0 Å². The van der Waals surface area contributed by atoms with E-state index in [9.17, 15) is 24.0 Å². The number of unbranched alkanes of at least 4 members (excludes halogenated alkanes) is 3. The quantitative estimate of drug-likeness (QED) is 0.0982. The van der Waals surface area contributed by atoms with Crippen LogP contribution in [0.3, 0.4) is 0 Å². The van der Waals surface area contributed by atoms with Crippen molar-refractivity contribution in [2.75, 3.05) is 6.61 Å². The molecule has 0 spiro atoms. The summed E-state index contributed by atoms with van der Waals surface area (Å²) in [4.78, 5) is 49.0. The highest BCUT2D eigenvalue weighted by atomic mass is 16.4. The molecular weight excluding hydrogens is 564 g/mol. The van der Waals surface area contributed by atoms with E-state index in [1.54, 1.807) is 6.92 Å². The lowest BCUT2D eigenvalue weighted by Crippen LogP contribution is -2.12. The van der Waals surface area contributed by atoms with Crippen LogP contribution in [0.2, 0.25) is 0 Å². The average Bonchev–Trinajstić information content (AvgIpc) is 2.82. The Morgan fingerprint density at radius 3 is 1.07 bits per heavy atom. The summed E-state index contributed by atoms with van der Waals surface area (Å²) < 4.78 is 0. The molecule has 0 aromatic carbocycles. The minimum Gasteiger partial charge on any atom is -0.481 e. The van der Waals surface area contributed by atoms with E-state index in [0.29, 0.717) is 19.3 Å². The monoisotopic (exact) mass is 618 g/mol. The number of carbonyl (C=O) groups is 5. The zero-order chi connectivity index (χ0) is 34.1. The van der Waals surface area contributed by atoms with Crippen molar-refractivity contribution in [3.63, 3.8) is 0 Å². The van der Waals surface area contributed by atoms with Gasteiger partial charge >= 0.3 is 29.8 Å². The van der Waals surface area contributed by atoms with Crippen LogP contribution in [0.1, 0.15) is 111 Å². The lowest BCUT2D eigenvalue weighted by atomic mass is 10.1. The highest BCUT2D eigenvalue weighted by Crippen LogP contribution is 2.06. The fraction of sp³-hybridized carbons (Fsp3) is 0.815. The van der Waals surface area contributed by atoms with Crippen molar-refractivity contribution >= 4 is 29.8 Å². The van der Waals surface area contributed by atoms with Gasteiger partial charge in [-0.15, -0.1) is 0 Å². The van der Waals surface area contributed by atoms with E-state index < -0.39 is 54.3 Å². The summed E-state index contributed by atoms with van der Waals surface area (Å²) >= 11 is 0. The normalized spacial score (nSPS) is 12.4. The first-order valence-electron chi connectivity index (χ1n) is 13.8. The Hall–Kier alpha value is -2.85. The van der Waals surface area contributed by atoms with E-state index >= 15 is 0 Å². The number of hydrogen-bond donors (Lipinski definition) is 10. The lowest BCUT2D eigenvalue weighted by Gasteiger charge is -2.05. The minimum absolute atomic E-state index is 0.121. The first-order valence-corrected chi connectivity index (χ1v) is 13.8. The first-order chi connectivity index (χ1) is 19.4. The minimum atomic E-state index is -0.963. The fourth-order valence-corrected chi connectivity index (χ4v) is 2.37. The number of aliphatic carboxylic acids is 5. The first kappa shape index (κ1) is 48.9. The van der Waals surface area contributed by atoms with Crippen LogP contribution in [0.5, 0.6) is 0 Å². The van der Waals surface area contributed by atoms with E-state index in [0.717, 1.165) is 32.1 Å². The third-order valence-corrected chi connectivity index (χ3v) is 4.53. The van der Waals surface area contributed by atoms with Gasteiger partial charge in [-0.1, -0.05) is 52.9 Å². The van der Waals surface area contributed by atoms with Crippen molar-refractivity contribution in [3.8, 4) is 0 Å². The maximum atomic E-state index is 10.1. The van der Waals surface area contributed by atoms with Crippen LogP contribution >= 0.6 is 0 Å². The third kappa shape index (κ3) is 65.9. The third-order valence-electron chi connectivity index (χ3n) is 4.53. The van der Waals surface area contributed by atoms with Gasteiger partial charge in [0, 0.05) is 0 Å². The number of rotatable bonds is 18. The Morgan fingerprint density at radius 2 is 0.881 bits per heavy atom. The molecule has 0 aliphatic carbocycles. The molecule has 15 nitrogen and oxygen atoms in total. The number of hydrogen-bond acceptors (Lipinski definition) is 10. The molecule has 0 aliphatic rings. The van der Waals surface area contributed by atoms with Crippen molar-refractivity contribution < 1.29 is 75.0 Å². The maximum Gasteiger partial charge on any atom is 0.305 e. The topological polar surface area (TPSA) is 288 Å². The van der Waals surface area contributed by atoms with Crippen LogP contribution < -0.4 is 0 Å². The van der Waals surface area contributed by atoms with Crippen molar-refractivity contribution in [1.29, 1.82) is 0 Å². The molecule has 4 atom stereocenters. The number of aliphatic hydroxyl groups is 5. The van der Waals surface area contributed by atoms with Crippen LogP contribution in [0.15, 0.2) is 0 Å². The molecule has 0 fully saturated rings. The van der Waals surface area contributed by atoms with Gasteiger partial charge in [-0.2, -0.15) is 0 Å². The van der Waals surface area contributed by atoms with E-state index in [4.69, 9.17) is 51.1 Å². The molecule has 10 N–H and O–H groups in total. The predicted molar refractivity (Wildman–Crippen MR) is 152 cm³/mol. The highest BCUT2D eigenvalue weighted by molar-refractivity contribution is 5.68. The predicted octanol–water partition coefficient (Wildman–Crippen LogP) is 1.94. The van der Waals surface area contributed by atoms with Crippen molar-refractivity contribution in [3.05, 3.63) is 0 Å². The molecule has 0 aliphatic heterocycles. The van der Waals surface area contributed by atoms with Gasteiger partial charge in [-0.3, -0.25) is 24.0 Å². The highest BCUT2D eigenvalue weighted by Gasteiger charge is 2.08. The van der Waals surface area contributed by atoms with E-state index in [-0.39, 0.29) is 38.7 Å². The molecule has 15 heteroatoms. The summed E-state index contributed by atoms with van der Waals surface area (Å²) in [6.07, 6.45) is 3.28. The van der Waals surface area contributed by atoms with Crippen molar-refractivity contribution in [2.24, 2.45) is 0 Å². The fourth-order valence-electron chi connectivity index (χ4n) is 2.37. The Kier molecular flexibility index (Phi) is 42.1. The second kappa shape index (κ2) is 36.2. The van der Waals surface area contributed by atoms with Crippen LogP contribution in [0.4, 0.5) is 0 Å². The molecule has 0 heterocycles. The summed E-state index contributed by atoms with van der Waals surface area (Å²) in [6, 6.07) is 0. The number of aliphatic hydroxyl groups excluding tert-OH is 5. The Morgan fingerprint density at radius 1 is 0.524 bits per heavy atom. The molecule has 0 aromatic heterocycles. The summed E-state index contributed by atoms with van der Waals surface area (Å²) in [5.74, 6) is -4.72. The van der Waals surface area contributed by atoms with E-state index in [1.807, 2.05) is 6.92 Å². The smallest absolute Gasteiger partial charge is 0.305 e. The molecule has 4 unspecified atom stereocenters. The zero-order valence-electron chi connectivity index (χ0n) is 25.2. The summed E-state index contributed by atoms with van der Waals surface area (Å²) in [6.45, 7) is 6.99. The standard InChI is InChI=1S/C8H16O3.C7H14O3.C5H10O3.C4H8O3.C3H6O3/c1-2-3-4-5-7(9)6-8(10)11;1-2-3-4-6(8)5-7(9)10;1-2-4(6)3-5(7)8;1-3(5)2-4(6)7;4-2-1-3(5)6/h7,9H,2-6H2,1H3,(H,10,11);6,8H,2-5H2,1H3,(H,9,10);4,6H,2-3H2,1H3,(H,7,8);3,5H,2H2,1H3,(H,6,7);4H,1-2H2,(H,5,6). The van der Waals surface area contributed by atoms with Gasteiger partial charge in [-0.25, -0.2) is 0 Å². The van der Waals surface area contributed by atoms with Gasteiger partial charge in [0.2, 0.25) is 0 Å². The number of carboxylic acids is 5.